The Labute approximate surface area is 356 Å². The molecule has 2 aromatic carbocycles. The number of carbonyl (C=O) groups excluding carboxylic acids is 2. The van der Waals surface area contributed by atoms with Gasteiger partial charge in [-0.15, -0.1) is 0 Å². The van der Waals surface area contributed by atoms with Crippen LogP contribution in [0.1, 0.15) is 48.6 Å². The highest BCUT2D eigenvalue weighted by molar-refractivity contribution is 6.62. The van der Waals surface area contributed by atoms with E-state index in [0.29, 0.717) is 23.9 Å². The molecule has 0 unspecified atom stereocenters. The van der Waals surface area contributed by atoms with E-state index in [9.17, 15) is 9.59 Å². The summed E-state index contributed by atoms with van der Waals surface area (Å²) in [5.74, 6) is 0.933. The Bertz CT molecular complexity index is 2370. The highest BCUT2D eigenvalue weighted by Crippen LogP contribution is 2.38. The molecule has 19 heteroatoms. The number of fused-ring (bicyclic) bond motifs is 2. The number of benzene rings is 2. The van der Waals surface area contributed by atoms with Gasteiger partial charge in [0.25, 0.3) is 0 Å². The van der Waals surface area contributed by atoms with E-state index < -0.39 is 5.37 Å². The highest BCUT2D eigenvalue weighted by atomic mass is 35.5. The van der Waals surface area contributed by atoms with E-state index in [2.05, 4.69) is 58.1 Å². The minimum atomic E-state index is -0.523. The molecule has 6 aromatic rings. The van der Waals surface area contributed by atoms with Crippen molar-refractivity contribution in [2.45, 2.75) is 49.6 Å². The molecular weight excluding hydrogens is 819 g/mol. The number of nitrogens with zero attached hydrogens (tertiary/aromatic N) is 9. The fraction of sp³-hybridized carbons (Fsp3) is 0.450. The van der Waals surface area contributed by atoms with Crippen molar-refractivity contribution in [3.8, 4) is 11.4 Å². The fourth-order valence-electron chi connectivity index (χ4n) is 8.19. The summed E-state index contributed by atoms with van der Waals surface area (Å²) >= 11 is 18.0. The molecule has 3 N–H and O–H groups in total. The van der Waals surface area contributed by atoms with Gasteiger partial charge in [-0.3, -0.25) is 19.7 Å². The van der Waals surface area contributed by atoms with E-state index in [1.165, 1.54) is 22.9 Å². The zero-order valence-electron chi connectivity index (χ0n) is 32.9. The van der Waals surface area contributed by atoms with Crippen LogP contribution in [0.25, 0.3) is 33.2 Å². The maximum atomic E-state index is 11.8. The molecule has 4 aliphatic heterocycles. The largest absolute Gasteiger partial charge is 0.378 e. The molecule has 8 heterocycles. The standard InChI is InChI=1S/C20H23ClN6O2.C18H20ClN5O.C2H4ClNO/c1-22-20(28)26-10-15(9-23-26)27-19-7-17(18(21)6-14(19)8-24-27)13-2-4-25(5-3-13)16-11-29-12-16;19-17-5-13-7-22-24(14-8-20-21-9-14)18(13)6-16(17)12-1-3-23(4-2-12)15-10-25-11-15;1-4-2(3)5/h6-10,13,16H,2-5,11-12H2,1H3,(H,22,28);5-9,12,15H,1-4,10-11H2,(H,20,21);1H3,(H,4,5). The van der Waals surface area contributed by atoms with Crippen molar-refractivity contribution in [1.82, 2.24) is 60.0 Å². The number of likely N-dealkylation sites (tertiary alicyclic amines) is 2. The Morgan fingerprint density at radius 1 is 0.695 bits per heavy atom. The average Bonchev–Trinajstić information content (AvgIpc) is 4.04. The Kier molecular flexibility index (Phi) is 12.8. The summed E-state index contributed by atoms with van der Waals surface area (Å²) in [7, 11) is 3.04. The van der Waals surface area contributed by atoms with Gasteiger partial charge in [0.1, 0.15) is 11.4 Å². The van der Waals surface area contributed by atoms with Crippen LogP contribution < -0.4 is 10.6 Å². The number of carbonyl (C=O) groups is 2. The number of ether oxygens (including phenoxy) is 2. The molecule has 0 aliphatic carbocycles. The van der Waals surface area contributed by atoms with E-state index in [1.807, 2.05) is 33.9 Å². The van der Waals surface area contributed by atoms with E-state index in [4.69, 9.17) is 44.3 Å². The third-order valence-corrected chi connectivity index (χ3v) is 12.6. The minimum absolute atomic E-state index is 0.292. The van der Waals surface area contributed by atoms with E-state index in [1.54, 1.807) is 31.8 Å². The SMILES string of the molecule is CNC(=O)Cl.CNC(=O)n1cc(-n2ncc3cc(Cl)c(C4CCN(C5COC5)CC4)cc32)cn1.Clc1cc2cnn(-c3cn[nH]c3)c2cc1C1CCN(C2COC2)CC1. The van der Waals surface area contributed by atoms with Crippen LogP contribution in [0.2, 0.25) is 10.0 Å². The van der Waals surface area contributed by atoms with Crippen molar-refractivity contribution in [3.05, 3.63) is 82.6 Å². The lowest BCUT2D eigenvalue weighted by Crippen LogP contribution is -2.51. The molecule has 10 rings (SSSR count). The van der Waals surface area contributed by atoms with Gasteiger partial charge in [-0.2, -0.15) is 25.1 Å². The summed E-state index contributed by atoms with van der Waals surface area (Å²) in [5.41, 5.74) is 6.12. The second-order valence-electron chi connectivity index (χ2n) is 15.2. The van der Waals surface area contributed by atoms with Gasteiger partial charge in [0.05, 0.1) is 80.5 Å². The lowest BCUT2D eigenvalue weighted by atomic mass is 9.88. The van der Waals surface area contributed by atoms with E-state index in [0.717, 1.165) is 122 Å². The van der Waals surface area contributed by atoms with Crippen LogP contribution in [-0.2, 0) is 9.47 Å². The van der Waals surface area contributed by atoms with Crippen molar-refractivity contribution in [2.24, 2.45) is 0 Å². The van der Waals surface area contributed by atoms with Gasteiger partial charge in [-0.05, 0) is 111 Å². The lowest BCUT2D eigenvalue weighted by Gasteiger charge is -2.41. The van der Waals surface area contributed by atoms with Gasteiger partial charge in [-0.25, -0.2) is 14.2 Å². The number of aromatic amines is 1. The molecule has 312 valence electrons. The number of nitrogens with one attached hydrogen (secondary N) is 3. The zero-order chi connectivity index (χ0) is 41.0. The maximum Gasteiger partial charge on any atom is 0.341 e. The molecule has 0 radical (unpaired) electrons. The van der Waals surface area contributed by atoms with Crippen LogP contribution in [0.3, 0.4) is 0 Å². The molecule has 0 bridgehead atoms. The molecule has 4 saturated heterocycles. The summed E-state index contributed by atoms with van der Waals surface area (Å²) in [6.07, 6.45) is 15.0. The van der Waals surface area contributed by atoms with Crippen molar-refractivity contribution in [1.29, 1.82) is 0 Å². The summed E-state index contributed by atoms with van der Waals surface area (Å²) < 4.78 is 15.6. The maximum absolute atomic E-state index is 11.8. The van der Waals surface area contributed by atoms with Crippen LogP contribution in [0.4, 0.5) is 9.59 Å². The summed E-state index contributed by atoms with van der Waals surface area (Å²) in [6.45, 7) is 7.89. The molecule has 0 spiro atoms. The number of hydrogen-bond acceptors (Lipinski definition) is 10. The Hall–Kier alpha value is -4.55. The van der Waals surface area contributed by atoms with Gasteiger partial charge in [-0.1, -0.05) is 23.2 Å². The molecular formula is C40H47Cl3N12O4. The van der Waals surface area contributed by atoms with Crippen LogP contribution in [0.5, 0.6) is 0 Å². The average molecular weight is 866 g/mol. The van der Waals surface area contributed by atoms with Gasteiger partial charge in [0.15, 0.2) is 0 Å². The third kappa shape index (κ3) is 8.99. The van der Waals surface area contributed by atoms with Crippen LogP contribution in [0, 0.1) is 0 Å². The first-order valence-electron chi connectivity index (χ1n) is 19.8. The van der Waals surface area contributed by atoms with E-state index >= 15 is 0 Å². The second-order valence-corrected chi connectivity index (χ2v) is 16.3. The first-order valence-corrected chi connectivity index (χ1v) is 21.0. The molecule has 4 fully saturated rings. The molecule has 0 saturated carbocycles. The molecule has 4 aromatic heterocycles. The topological polar surface area (TPSA) is 165 Å². The third-order valence-electron chi connectivity index (χ3n) is 11.7. The van der Waals surface area contributed by atoms with Gasteiger partial charge >= 0.3 is 11.4 Å². The minimum Gasteiger partial charge on any atom is -0.378 e. The van der Waals surface area contributed by atoms with Crippen molar-refractivity contribution >= 4 is 68.0 Å². The smallest absolute Gasteiger partial charge is 0.341 e. The van der Waals surface area contributed by atoms with Crippen LogP contribution in [0.15, 0.2) is 61.4 Å². The Morgan fingerprint density at radius 3 is 1.59 bits per heavy atom. The Morgan fingerprint density at radius 2 is 1.19 bits per heavy atom. The quantitative estimate of drug-likeness (QED) is 0.130. The van der Waals surface area contributed by atoms with Crippen molar-refractivity contribution < 1.29 is 19.1 Å². The number of piperidine rings is 2. The fourth-order valence-corrected chi connectivity index (χ4v) is 8.84. The first-order chi connectivity index (χ1) is 28.7. The second kappa shape index (κ2) is 18.4. The van der Waals surface area contributed by atoms with E-state index in [-0.39, 0.29) is 6.03 Å². The van der Waals surface area contributed by atoms with Gasteiger partial charge in [0, 0.05) is 41.1 Å². The van der Waals surface area contributed by atoms with Crippen LogP contribution in [-0.4, -0.2) is 140 Å². The van der Waals surface area contributed by atoms with Crippen molar-refractivity contribution in [2.75, 3.05) is 66.7 Å². The number of H-pyrrole nitrogens is 1. The molecule has 2 amide bonds. The van der Waals surface area contributed by atoms with Gasteiger partial charge in [0.2, 0.25) is 0 Å². The summed E-state index contributed by atoms with van der Waals surface area (Å²) in [6, 6.07) is 9.32. The molecule has 16 nitrogen and oxygen atoms in total. The predicted molar refractivity (Wildman–Crippen MR) is 227 cm³/mol. The lowest BCUT2D eigenvalue weighted by molar-refractivity contribution is -0.0712. The molecule has 0 atom stereocenters. The summed E-state index contributed by atoms with van der Waals surface area (Å²) in [4.78, 5) is 26.4. The monoisotopic (exact) mass is 864 g/mol. The van der Waals surface area contributed by atoms with Crippen LogP contribution >= 0.6 is 34.8 Å². The summed E-state index contributed by atoms with van der Waals surface area (Å²) in [5, 5.41) is 27.8. The predicted octanol–water partition coefficient (Wildman–Crippen LogP) is 6.19. The molecule has 4 aliphatic rings. The number of rotatable bonds is 6. The zero-order valence-corrected chi connectivity index (χ0v) is 35.1. The number of hydrogen-bond donors (Lipinski definition) is 3. The normalized spacial score (nSPS) is 18.4. The number of aromatic nitrogens is 8. The highest BCUT2D eigenvalue weighted by Gasteiger charge is 2.32. The number of amides is 2. The molecule has 59 heavy (non-hydrogen) atoms. The first kappa shape index (κ1) is 41.2. The van der Waals surface area contributed by atoms with Gasteiger partial charge < -0.3 is 20.1 Å². The number of halogens is 3. The van der Waals surface area contributed by atoms with Crippen molar-refractivity contribution in [3.63, 3.8) is 0 Å². The Balaban J connectivity index is 0.000000149.